The number of thioether (sulfide) groups is 1. The van der Waals surface area contributed by atoms with Crippen molar-refractivity contribution in [3.63, 3.8) is 0 Å². The van der Waals surface area contributed by atoms with Crippen molar-refractivity contribution in [2.24, 2.45) is 0 Å². The number of rotatable bonds is 4. The van der Waals surface area contributed by atoms with E-state index in [1.165, 1.54) is 18.4 Å². The summed E-state index contributed by atoms with van der Waals surface area (Å²) in [5.74, 6) is -0.679. The highest BCUT2D eigenvalue weighted by Gasteiger charge is 2.17. The average Bonchev–Trinajstić information content (AvgIpc) is 2.95. The third-order valence-electron chi connectivity index (χ3n) is 2.97. The molecule has 2 aromatic rings. The third-order valence-corrected chi connectivity index (χ3v) is 4.59. The van der Waals surface area contributed by atoms with Gasteiger partial charge in [-0.3, -0.25) is 4.79 Å². The molecule has 1 N–H and O–H groups in total. The zero-order chi connectivity index (χ0) is 15.4. The zero-order valence-electron chi connectivity index (χ0n) is 11.9. The maximum Gasteiger partial charge on any atom is 0.350 e. The lowest BCUT2D eigenvalue weighted by Crippen LogP contribution is -2.15. The molecule has 0 spiro atoms. The van der Waals surface area contributed by atoms with Crippen LogP contribution in [0.15, 0.2) is 34.5 Å². The number of aryl methyl sites for hydroxylation is 1. The van der Waals surface area contributed by atoms with E-state index in [1.54, 1.807) is 23.2 Å². The van der Waals surface area contributed by atoms with Gasteiger partial charge in [-0.1, -0.05) is 6.07 Å². The maximum absolute atomic E-state index is 12.4. The summed E-state index contributed by atoms with van der Waals surface area (Å²) in [7, 11) is 1.32. The molecule has 0 bridgehead atoms. The van der Waals surface area contributed by atoms with Crippen LogP contribution in [-0.4, -0.2) is 25.2 Å². The summed E-state index contributed by atoms with van der Waals surface area (Å²) in [6.45, 7) is 1.88. The number of methoxy groups -OCH3 is 1. The van der Waals surface area contributed by atoms with Crippen molar-refractivity contribution in [3.05, 3.63) is 45.6 Å². The molecule has 0 aliphatic heterocycles. The van der Waals surface area contributed by atoms with Gasteiger partial charge in [-0.15, -0.1) is 23.1 Å². The van der Waals surface area contributed by atoms with Gasteiger partial charge < -0.3 is 10.1 Å². The van der Waals surface area contributed by atoms with E-state index in [0.717, 1.165) is 10.5 Å². The van der Waals surface area contributed by atoms with Crippen molar-refractivity contribution in [2.75, 3.05) is 18.7 Å². The van der Waals surface area contributed by atoms with Crippen LogP contribution in [0.1, 0.15) is 25.6 Å². The Morgan fingerprint density at radius 2 is 2.05 bits per heavy atom. The molecule has 2 rings (SSSR count). The molecule has 1 aromatic carbocycles. The molecule has 1 amide bonds. The van der Waals surface area contributed by atoms with Crippen molar-refractivity contribution >= 4 is 40.7 Å². The van der Waals surface area contributed by atoms with E-state index in [-0.39, 0.29) is 5.91 Å². The summed E-state index contributed by atoms with van der Waals surface area (Å²) in [6, 6.07) is 7.43. The Hall–Kier alpha value is -1.79. The highest BCUT2D eigenvalue weighted by Crippen LogP contribution is 2.25. The number of anilines is 1. The Morgan fingerprint density at radius 1 is 1.29 bits per heavy atom. The highest BCUT2D eigenvalue weighted by atomic mass is 32.2. The van der Waals surface area contributed by atoms with E-state index >= 15 is 0 Å². The van der Waals surface area contributed by atoms with Gasteiger partial charge in [0, 0.05) is 10.5 Å². The molecule has 0 saturated carbocycles. The van der Waals surface area contributed by atoms with Gasteiger partial charge in [-0.25, -0.2) is 4.79 Å². The van der Waals surface area contributed by atoms with E-state index in [0.29, 0.717) is 16.1 Å². The molecular formula is C15H15NO3S2. The van der Waals surface area contributed by atoms with Gasteiger partial charge in [0.15, 0.2) is 0 Å². The first-order chi connectivity index (χ1) is 10.1. The summed E-state index contributed by atoms with van der Waals surface area (Å²) in [4.78, 5) is 25.4. The number of ether oxygens (including phenoxy) is 1. The predicted molar refractivity (Wildman–Crippen MR) is 86.6 cm³/mol. The molecule has 0 radical (unpaired) electrons. The zero-order valence-corrected chi connectivity index (χ0v) is 13.6. The molecule has 4 nitrogen and oxygen atoms in total. The van der Waals surface area contributed by atoms with Gasteiger partial charge in [0.25, 0.3) is 5.91 Å². The topological polar surface area (TPSA) is 55.4 Å². The summed E-state index contributed by atoms with van der Waals surface area (Å²) in [5.41, 5.74) is 1.97. The average molecular weight is 321 g/mol. The second kappa shape index (κ2) is 6.78. The lowest BCUT2D eigenvalue weighted by atomic mass is 10.1. The van der Waals surface area contributed by atoms with E-state index < -0.39 is 5.97 Å². The fraction of sp³-hybridized carbons (Fsp3) is 0.200. The maximum atomic E-state index is 12.4. The minimum Gasteiger partial charge on any atom is -0.465 e. The lowest BCUT2D eigenvalue weighted by Gasteiger charge is -2.09. The van der Waals surface area contributed by atoms with Crippen LogP contribution in [0.5, 0.6) is 0 Å². The van der Waals surface area contributed by atoms with Gasteiger partial charge in [0.1, 0.15) is 4.88 Å². The van der Waals surface area contributed by atoms with Crippen molar-refractivity contribution in [3.8, 4) is 0 Å². The molecule has 0 atom stereocenters. The first-order valence-corrected chi connectivity index (χ1v) is 8.29. The van der Waals surface area contributed by atoms with E-state index in [9.17, 15) is 9.59 Å². The van der Waals surface area contributed by atoms with Crippen LogP contribution in [0, 0.1) is 6.92 Å². The normalized spacial score (nSPS) is 10.2. The summed E-state index contributed by atoms with van der Waals surface area (Å²) >= 11 is 2.81. The number of amides is 1. The quantitative estimate of drug-likeness (QED) is 0.687. The van der Waals surface area contributed by atoms with Crippen molar-refractivity contribution in [1.82, 2.24) is 0 Å². The van der Waals surface area contributed by atoms with Crippen LogP contribution in [-0.2, 0) is 4.74 Å². The SMILES string of the molecule is COC(=O)c1sccc1NC(=O)c1cc(SC)ccc1C. The molecule has 21 heavy (non-hydrogen) atoms. The number of hydrogen-bond acceptors (Lipinski definition) is 5. The highest BCUT2D eigenvalue weighted by molar-refractivity contribution is 7.98. The molecular weight excluding hydrogens is 306 g/mol. The molecule has 0 unspecified atom stereocenters. The second-order valence-corrected chi connectivity index (χ2v) is 6.09. The number of carbonyl (C=O) groups excluding carboxylic acids is 2. The molecule has 0 saturated heterocycles. The molecule has 0 aliphatic rings. The Balaban J connectivity index is 2.26. The number of esters is 1. The first-order valence-electron chi connectivity index (χ1n) is 6.18. The molecule has 1 aromatic heterocycles. The summed E-state index contributed by atoms with van der Waals surface area (Å²) < 4.78 is 4.70. The lowest BCUT2D eigenvalue weighted by molar-refractivity contribution is 0.0607. The molecule has 110 valence electrons. The molecule has 1 heterocycles. The predicted octanol–water partition coefficient (Wildman–Crippen LogP) is 3.82. The van der Waals surface area contributed by atoms with Crippen molar-refractivity contribution in [1.29, 1.82) is 0 Å². The Kier molecular flexibility index (Phi) is 5.03. The number of nitrogens with one attached hydrogen (secondary N) is 1. The fourth-order valence-electron chi connectivity index (χ4n) is 1.82. The standard InChI is InChI=1S/C15H15NO3S2/c1-9-4-5-10(20-3)8-11(9)14(17)16-12-6-7-21-13(12)15(18)19-2/h4-8H,1-3H3,(H,16,17). The molecule has 6 heteroatoms. The summed E-state index contributed by atoms with van der Waals surface area (Å²) in [5, 5.41) is 4.52. The van der Waals surface area contributed by atoms with Crippen LogP contribution in [0.4, 0.5) is 5.69 Å². The van der Waals surface area contributed by atoms with E-state index in [4.69, 9.17) is 4.74 Å². The monoisotopic (exact) mass is 321 g/mol. The van der Waals surface area contributed by atoms with Crippen LogP contribution in [0.3, 0.4) is 0 Å². The number of benzene rings is 1. The van der Waals surface area contributed by atoms with Gasteiger partial charge in [-0.05, 0) is 42.3 Å². The second-order valence-electron chi connectivity index (χ2n) is 4.29. The Bertz CT molecular complexity index is 679. The van der Waals surface area contributed by atoms with Gasteiger partial charge in [-0.2, -0.15) is 0 Å². The Morgan fingerprint density at radius 3 is 2.71 bits per heavy atom. The smallest absolute Gasteiger partial charge is 0.350 e. The van der Waals surface area contributed by atoms with Crippen LogP contribution < -0.4 is 5.32 Å². The van der Waals surface area contributed by atoms with Gasteiger partial charge >= 0.3 is 5.97 Å². The van der Waals surface area contributed by atoms with Crippen LogP contribution >= 0.6 is 23.1 Å². The van der Waals surface area contributed by atoms with E-state index in [2.05, 4.69) is 5.32 Å². The number of thiophene rings is 1. The van der Waals surface area contributed by atoms with Crippen molar-refractivity contribution in [2.45, 2.75) is 11.8 Å². The summed E-state index contributed by atoms with van der Waals surface area (Å²) in [6.07, 6.45) is 1.96. The van der Waals surface area contributed by atoms with Gasteiger partial charge in [0.05, 0.1) is 12.8 Å². The third kappa shape index (κ3) is 3.46. The minimum atomic E-state index is -0.449. The number of hydrogen-bond donors (Lipinski definition) is 1. The molecule has 0 aliphatic carbocycles. The van der Waals surface area contributed by atoms with Gasteiger partial charge in [0.2, 0.25) is 0 Å². The minimum absolute atomic E-state index is 0.230. The van der Waals surface area contributed by atoms with Crippen LogP contribution in [0.2, 0.25) is 0 Å². The molecule has 0 fully saturated rings. The van der Waals surface area contributed by atoms with Crippen molar-refractivity contribution < 1.29 is 14.3 Å². The van der Waals surface area contributed by atoms with E-state index in [1.807, 2.05) is 31.4 Å². The van der Waals surface area contributed by atoms with Crippen LogP contribution in [0.25, 0.3) is 0 Å². The number of carbonyl (C=O) groups is 2. The first kappa shape index (κ1) is 15.6. The Labute approximate surface area is 131 Å². The largest absolute Gasteiger partial charge is 0.465 e. The fourth-order valence-corrected chi connectivity index (χ4v) is 3.03.